The molecule has 0 atom stereocenters. The van der Waals surface area contributed by atoms with Gasteiger partial charge in [0.25, 0.3) is 5.91 Å². The minimum atomic E-state index is -0.174. The Hall–Kier alpha value is -1.89. The molecule has 0 radical (unpaired) electrons. The van der Waals surface area contributed by atoms with E-state index in [-0.39, 0.29) is 11.8 Å². The van der Waals surface area contributed by atoms with Gasteiger partial charge in [-0.2, -0.15) is 0 Å². The standard InChI is InChI=1S/C16H15IN2O2/c1-2-15(20)18-13-7-4-8-14(10-13)19-16(21)11-5-3-6-12(17)9-11/h3-10H,2H2,1H3,(H,18,20)(H,19,21). The number of amides is 2. The van der Waals surface area contributed by atoms with E-state index >= 15 is 0 Å². The molecule has 0 aliphatic carbocycles. The van der Waals surface area contributed by atoms with E-state index in [1.165, 1.54) is 0 Å². The van der Waals surface area contributed by atoms with E-state index < -0.39 is 0 Å². The van der Waals surface area contributed by atoms with Crippen LogP contribution in [-0.2, 0) is 4.79 Å². The summed E-state index contributed by atoms with van der Waals surface area (Å²) in [6.45, 7) is 1.79. The minimum absolute atomic E-state index is 0.0592. The van der Waals surface area contributed by atoms with Crippen LogP contribution in [0.4, 0.5) is 11.4 Å². The van der Waals surface area contributed by atoms with Crippen LogP contribution >= 0.6 is 22.6 Å². The Morgan fingerprint density at radius 3 is 2.33 bits per heavy atom. The molecule has 108 valence electrons. The number of carbonyl (C=O) groups excluding carboxylic acids is 2. The van der Waals surface area contributed by atoms with Gasteiger partial charge in [-0.05, 0) is 59.0 Å². The fourth-order valence-corrected chi connectivity index (χ4v) is 2.30. The Bertz CT molecular complexity index is 671. The maximum absolute atomic E-state index is 12.2. The lowest BCUT2D eigenvalue weighted by molar-refractivity contribution is -0.115. The lowest BCUT2D eigenvalue weighted by Gasteiger charge is -2.08. The van der Waals surface area contributed by atoms with Crippen LogP contribution < -0.4 is 10.6 Å². The molecule has 2 aromatic rings. The van der Waals surface area contributed by atoms with E-state index in [1.54, 1.807) is 37.3 Å². The van der Waals surface area contributed by atoms with Gasteiger partial charge >= 0.3 is 0 Å². The fraction of sp³-hybridized carbons (Fsp3) is 0.125. The highest BCUT2D eigenvalue weighted by atomic mass is 127. The van der Waals surface area contributed by atoms with Crippen molar-refractivity contribution in [2.24, 2.45) is 0 Å². The zero-order valence-electron chi connectivity index (χ0n) is 11.5. The predicted octanol–water partition coefficient (Wildman–Crippen LogP) is 3.89. The second kappa shape index (κ2) is 7.21. The Morgan fingerprint density at radius 1 is 1.00 bits per heavy atom. The van der Waals surface area contributed by atoms with Gasteiger partial charge in [-0.1, -0.05) is 19.1 Å². The van der Waals surface area contributed by atoms with Gasteiger partial charge in [0.1, 0.15) is 0 Å². The van der Waals surface area contributed by atoms with Gasteiger partial charge in [-0.15, -0.1) is 0 Å². The number of nitrogens with one attached hydrogen (secondary N) is 2. The number of benzene rings is 2. The maximum atomic E-state index is 12.2. The molecule has 2 N–H and O–H groups in total. The number of anilines is 2. The number of carbonyl (C=O) groups is 2. The van der Waals surface area contributed by atoms with Crippen LogP contribution in [0.25, 0.3) is 0 Å². The third kappa shape index (κ3) is 4.56. The molecule has 2 rings (SSSR count). The van der Waals surface area contributed by atoms with Gasteiger partial charge in [0.05, 0.1) is 0 Å². The molecule has 0 heterocycles. The predicted molar refractivity (Wildman–Crippen MR) is 92.5 cm³/mol. The smallest absolute Gasteiger partial charge is 0.255 e. The molecule has 0 aliphatic heterocycles. The van der Waals surface area contributed by atoms with Crippen molar-refractivity contribution >= 4 is 45.8 Å². The van der Waals surface area contributed by atoms with Gasteiger partial charge in [0.2, 0.25) is 5.91 Å². The summed E-state index contributed by atoms with van der Waals surface area (Å²) in [7, 11) is 0. The topological polar surface area (TPSA) is 58.2 Å². The zero-order valence-corrected chi connectivity index (χ0v) is 13.7. The van der Waals surface area contributed by atoms with Gasteiger partial charge in [-0.25, -0.2) is 0 Å². The summed E-state index contributed by atoms with van der Waals surface area (Å²) in [5.74, 6) is -0.233. The largest absolute Gasteiger partial charge is 0.326 e. The first-order valence-electron chi connectivity index (χ1n) is 6.55. The van der Waals surface area contributed by atoms with Gasteiger partial charge in [0.15, 0.2) is 0 Å². The van der Waals surface area contributed by atoms with Crippen molar-refractivity contribution in [2.75, 3.05) is 10.6 Å². The first-order chi connectivity index (χ1) is 10.1. The summed E-state index contributed by atoms with van der Waals surface area (Å²) in [5, 5.41) is 5.59. The number of hydrogen-bond acceptors (Lipinski definition) is 2. The van der Waals surface area contributed by atoms with Gasteiger partial charge in [-0.3, -0.25) is 9.59 Å². The third-order valence-electron chi connectivity index (χ3n) is 2.81. The van der Waals surface area contributed by atoms with Crippen LogP contribution in [0.5, 0.6) is 0 Å². The van der Waals surface area contributed by atoms with Crippen molar-refractivity contribution in [3.63, 3.8) is 0 Å². The van der Waals surface area contributed by atoms with Crippen LogP contribution in [0.1, 0.15) is 23.7 Å². The van der Waals surface area contributed by atoms with E-state index in [0.29, 0.717) is 23.4 Å². The second-order valence-electron chi connectivity index (χ2n) is 4.45. The van der Waals surface area contributed by atoms with Crippen molar-refractivity contribution < 1.29 is 9.59 Å². The highest BCUT2D eigenvalue weighted by Crippen LogP contribution is 2.17. The quantitative estimate of drug-likeness (QED) is 0.774. The molecular formula is C16H15IN2O2. The molecule has 2 amide bonds. The van der Waals surface area contributed by atoms with Gasteiger partial charge < -0.3 is 10.6 Å². The fourth-order valence-electron chi connectivity index (χ4n) is 1.76. The average Bonchev–Trinajstić information content (AvgIpc) is 2.47. The van der Waals surface area contributed by atoms with Crippen LogP contribution in [-0.4, -0.2) is 11.8 Å². The van der Waals surface area contributed by atoms with Crippen LogP contribution in [0.2, 0.25) is 0 Å². The summed E-state index contributed by atoms with van der Waals surface area (Å²) >= 11 is 2.17. The Morgan fingerprint density at radius 2 is 1.67 bits per heavy atom. The number of rotatable bonds is 4. The summed E-state index contributed by atoms with van der Waals surface area (Å²) in [4.78, 5) is 23.5. The van der Waals surface area contributed by atoms with Crippen molar-refractivity contribution in [1.82, 2.24) is 0 Å². The summed E-state index contributed by atoms with van der Waals surface area (Å²) < 4.78 is 1.00. The maximum Gasteiger partial charge on any atom is 0.255 e. The summed E-state index contributed by atoms with van der Waals surface area (Å²) in [5.41, 5.74) is 1.92. The van der Waals surface area contributed by atoms with E-state index in [4.69, 9.17) is 0 Å². The molecular weight excluding hydrogens is 379 g/mol. The molecule has 4 nitrogen and oxygen atoms in total. The molecule has 0 bridgehead atoms. The van der Waals surface area contributed by atoms with E-state index in [0.717, 1.165) is 3.57 Å². The van der Waals surface area contributed by atoms with E-state index in [9.17, 15) is 9.59 Å². The highest BCUT2D eigenvalue weighted by Gasteiger charge is 2.07. The van der Waals surface area contributed by atoms with E-state index in [2.05, 4.69) is 33.2 Å². The molecule has 0 saturated heterocycles. The van der Waals surface area contributed by atoms with E-state index in [1.807, 2.05) is 18.2 Å². The Kier molecular flexibility index (Phi) is 5.32. The normalized spacial score (nSPS) is 10.0. The molecule has 0 saturated carbocycles. The molecule has 5 heteroatoms. The van der Waals surface area contributed by atoms with Crippen molar-refractivity contribution in [3.8, 4) is 0 Å². The van der Waals surface area contributed by atoms with Crippen molar-refractivity contribution in [3.05, 3.63) is 57.7 Å². The monoisotopic (exact) mass is 394 g/mol. The SMILES string of the molecule is CCC(=O)Nc1cccc(NC(=O)c2cccc(I)c2)c1. The summed E-state index contributed by atoms with van der Waals surface area (Å²) in [6.07, 6.45) is 0.416. The highest BCUT2D eigenvalue weighted by molar-refractivity contribution is 14.1. The molecule has 2 aromatic carbocycles. The minimum Gasteiger partial charge on any atom is -0.326 e. The zero-order chi connectivity index (χ0) is 15.2. The lowest BCUT2D eigenvalue weighted by Crippen LogP contribution is -2.13. The first kappa shape index (κ1) is 15.5. The lowest BCUT2D eigenvalue weighted by atomic mass is 10.2. The van der Waals surface area contributed by atoms with Crippen LogP contribution in [0.15, 0.2) is 48.5 Å². The molecule has 0 aromatic heterocycles. The second-order valence-corrected chi connectivity index (χ2v) is 5.69. The number of hydrogen-bond donors (Lipinski definition) is 2. The summed E-state index contributed by atoms with van der Waals surface area (Å²) in [6, 6.07) is 14.4. The average molecular weight is 394 g/mol. The van der Waals surface area contributed by atoms with Crippen LogP contribution in [0.3, 0.4) is 0 Å². The Balaban J connectivity index is 2.11. The number of halogens is 1. The van der Waals surface area contributed by atoms with Crippen LogP contribution in [0, 0.1) is 3.57 Å². The van der Waals surface area contributed by atoms with Crippen molar-refractivity contribution in [2.45, 2.75) is 13.3 Å². The molecule has 0 aliphatic rings. The molecule has 21 heavy (non-hydrogen) atoms. The van der Waals surface area contributed by atoms with Gasteiger partial charge in [0, 0.05) is 26.9 Å². The molecule has 0 fully saturated rings. The first-order valence-corrected chi connectivity index (χ1v) is 7.63. The van der Waals surface area contributed by atoms with Crippen molar-refractivity contribution in [1.29, 1.82) is 0 Å². The third-order valence-corrected chi connectivity index (χ3v) is 3.48. The Labute approximate surface area is 137 Å². The molecule has 0 unspecified atom stereocenters. The molecule has 0 spiro atoms.